The number of rotatable bonds is 6. The molecule has 2 aromatic heterocycles. The van der Waals surface area contributed by atoms with E-state index in [9.17, 15) is 0 Å². The lowest BCUT2D eigenvalue weighted by molar-refractivity contribution is -0.162. The van der Waals surface area contributed by atoms with E-state index in [2.05, 4.69) is 25.9 Å². The normalized spacial score (nSPS) is 19.3. The molecule has 3 heterocycles. The fraction of sp³-hybridized carbons (Fsp3) is 0.667. The molecule has 1 saturated heterocycles. The Labute approximate surface area is 116 Å². The van der Waals surface area contributed by atoms with Gasteiger partial charge in [-0.2, -0.15) is 0 Å². The van der Waals surface area contributed by atoms with E-state index in [1.165, 1.54) is 11.1 Å². The van der Waals surface area contributed by atoms with Crippen molar-refractivity contribution in [2.24, 2.45) is 0 Å². The number of hydrogen-bond donors (Lipinski definition) is 1. The summed E-state index contributed by atoms with van der Waals surface area (Å²) >= 11 is 0. The van der Waals surface area contributed by atoms with Gasteiger partial charge in [-0.25, -0.2) is 0 Å². The quantitative estimate of drug-likeness (QED) is 0.784. The minimum atomic E-state index is -0.0144. The van der Waals surface area contributed by atoms with Crippen molar-refractivity contribution in [3.8, 4) is 0 Å². The van der Waals surface area contributed by atoms with Crippen molar-refractivity contribution in [2.45, 2.75) is 32.0 Å². The molecular formula is C12H18N6O2. The van der Waals surface area contributed by atoms with Crippen LogP contribution >= 0.6 is 0 Å². The smallest absolute Gasteiger partial charge is 0.200 e. The van der Waals surface area contributed by atoms with E-state index < -0.39 is 0 Å². The van der Waals surface area contributed by atoms with E-state index in [1.807, 2.05) is 12.1 Å². The van der Waals surface area contributed by atoms with Crippen LogP contribution in [0.15, 0.2) is 12.1 Å². The Morgan fingerprint density at radius 2 is 2.40 bits per heavy atom. The number of anilines is 1. The van der Waals surface area contributed by atoms with E-state index in [0.29, 0.717) is 12.3 Å². The molecule has 8 heteroatoms. The number of ether oxygens (including phenoxy) is 2. The van der Waals surface area contributed by atoms with E-state index >= 15 is 0 Å². The van der Waals surface area contributed by atoms with Crippen LogP contribution in [0, 0.1) is 0 Å². The van der Waals surface area contributed by atoms with Crippen LogP contribution in [0.4, 0.5) is 5.82 Å². The van der Waals surface area contributed by atoms with Gasteiger partial charge < -0.3 is 14.8 Å². The highest BCUT2D eigenvalue weighted by Gasteiger charge is 2.13. The monoisotopic (exact) mass is 278 g/mol. The first kappa shape index (κ1) is 13.2. The van der Waals surface area contributed by atoms with Crippen LogP contribution in [-0.2, 0) is 9.47 Å². The molecule has 1 aliphatic rings. The van der Waals surface area contributed by atoms with Gasteiger partial charge in [0.15, 0.2) is 11.9 Å². The molecule has 0 spiro atoms. The predicted octanol–water partition coefficient (Wildman–Crippen LogP) is 0.864. The SMILES string of the molecule is c1cc2nnnn2nc1NCCCOC1CCCCO1. The minimum absolute atomic E-state index is 0.0144. The Balaban J connectivity index is 1.36. The van der Waals surface area contributed by atoms with Gasteiger partial charge >= 0.3 is 0 Å². The van der Waals surface area contributed by atoms with Crippen LogP contribution in [-0.4, -0.2) is 51.3 Å². The maximum atomic E-state index is 5.66. The number of tetrazole rings is 1. The minimum Gasteiger partial charge on any atom is -0.368 e. The fourth-order valence-corrected chi connectivity index (χ4v) is 2.09. The summed E-state index contributed by atoms with van der Waals surface area (Å²) in [7, 11) is 0. The van der Waals surface area contributed by atoms with Gasteiger partial charge in [0.25, 0.3) is 0 Å². The molecule has 108 valence electrons. The lowest BCUT2D eigenvalue weighted by Crippen LogP contribution is -2.23. The first-order valence-corrected chi connectivity index (χ1v) is 6.94. The molecule has 1 atom stereocenters. The van der Waals surface area contributed by atoms with Crippen LogP contribution < -0.4 is 5.32 Å². The first-order valence-electron chi connectivity index (χ1n) is 6.94. The van der Waals surface area contributed by atoms with Gasteiger partial charge in [-0.3, -0.25) is 0 Å². The van der Waals surface area contributed by atoms with E-state index in [-0.39, 0.29) is 6.29 Å². The fourth-order valence-electron chi connectivity index (χ4n) is 2.09. The van der Waals surface area contributed by atoms with Gasteiger partial charge in [-0.1, -0.05) is 0 Å². The molecule has 0 saturated carbocycles. The standard InChI is InChI=1S/C12H18N6O2/c1-2-8-19-12(4-1)20-9-3-7-13-10-5-6-11-14-16-17-18(11)15-10/h5-6,12H,1-4,7-9H2,(H,13,15). The Kier molecular flexibility index (Phi) is 4.34. The van der Waals surface area contributed by atoms with Crippen molar-refractivity contribution >= 4 is 11.5 Å². The van der Waals surface area contributed by atoms with Crippen LogP contribution in [0.25, 0.3) is 5.65 Å². The molecule has 2 aromatic rings. The average Bonchev–Trinajstić information content (AvgIpc) is 2.95. The van der Waals surface area contributed by atoms with Gasteiger partial charge in [0.05, 0.1) is 6.61 Å². The highest BCUT2D eigenvalue weighted by Crippen LogP contribution is 2.13. The number of aromatic nitrogens is 5. The molecule has 20 heavy (non-hydrogen) atoms. The molecule has 0 amide bonds. The molecule has 1 fully saturated rings. The number of nitrogens with one attached hydrogen (secondary N) is 1. The largest absolute Gasteiger partial charge is 0.368 e. The zero-order valence-electron chi connectivity index (χ0n) is 11.2. The maximum Gasteiger partial charge on any atom is 0.200 e. The second kappa shape index (κ2) is 6.58. The Morgan fingerprint density at radius 3 is 3.30 bits per heavy atom. The molecule has 8 nitrogen and oxygen atoms in total. The van der Waals surface area contributed by atoms with Crippen LogP contribution in [0.2, 0.25) is 0 Å². The molecule has 3 rings (SSSR count). The molecule has 0 bridgehead atoms. The Morgan fingerprint density at radius 1 is 1.40 bits per heavy atom. The molecular weight excluding hydrogens is 260 g/mol. The molecule has 0 aliphatic carbocycles. The van der Waals surface area contributed by atoms with Crippen LogP contribution in [0.5, 0.6) is 0 Å². The molecule has 0 radical (unpaired) electrons. The Bertz CT molecular complexity index is 539. The number of hydrogen-bond acceptors (Lipinski definition) is 7. The Hall–Kier alpha value is -1.80. The number of fused-ring (bicyclic) bond motifs is 1. The summed E-state index contributed by atoms with van der Waals surface area (Å²) in [5.74, 6) is 0.749. The van der Waals surface area contributed by atoms with Crippen LogP contribution in [0.1, 0.15) is 25.7 Å². The molecule has 1 N–H and O–H groups in total. The van der Waals surface area contributed by atoms with E-state index in [4.69, 9.17) is 9.47 Å². The summed E-state index contributed by atoms with van der Waals surface area (Å²) in [6, 6.07) is 3.68. The summed E-state index contributed by atoms with van der Waals surface area (Å²) < 4.78 is 12.6. The lowest BCUT2D eigenvalue weighted by atomic mass is 10.2. The third-order valence-corrected chi connectivity index (χ3v) is 3.14. The predicted molar refractivity (Wildman–Crippen MR) is 71.2 cm³/mol. The second-order valence-electron chi connectivity index (χ2n) is 4.69. The third-order valence-electron chi connectivity index (χ3n) is 3.14. The summed E-state index contributed by atoms with van der Waals surface area (Å²) in [5, 5.41) is 18.5. The second-order valence-corrected chi connectivity index (χ2v) is 4.69. The third kappa shape index (κ3) is 3.40. The highest BCUT2D eigenvalue weighted by atomic mass is 16.7. The maximum absolute atomic E-state index is 5.66. The van der Waals surface area contributed by atoms with Crippen molar-refractivity contribution in [1.29, 1.82) is 0 Å². The summed E-state index contributed by atoms with van der Waals surface area (Å²) in [6.07, 6.45) is 4.23. The number of nitrogens with zero attached hydrogens (tertiary/aromatic N) is 5. The zero-order chi connectivity index (χ0) is 13.6. The summed E-state index contributed by atoms with van der Waals surface area (Å²) in [6.45, 7) is 2.29. The van der Waals surface area contributed by atoms with E-state index in [1.54, 1.807) is 0 Å². The molecule has 1 unspecified atom stereocenters. The average molecular weight is 278 g/mol. The highest BCUT2D eigenvalue weighted by molar-refractivity contribution is 5.41. The van der Waals surface area contributed by atoms with Gasteiger partial charge in [0.1, 0.15) is 5.82 Å². The van der Waals surface area contributed by atoms with Gasteiger partial charge in [-0.15, -0.1) is 14.8 Å². The van der Waals surface area contributed by atoms with Gasteiger partial charge in [-0.05, 0) is 48.2 Å². The zero-order valence-corrected chi connectivity index (χ0v) is 11.2. The van der Waals surface area contributed by atoms with Crippen molar-refractivity contribution in [3.63, 3.8) is 0 Å². The van der Waals surface area contributed by atoms with E-state index in [0.717, 1.165) is 38.2 Å². The molecule has 0 aromatic carbocycles. The summed E-state index contributed by atoms with van der Waals surface area (Å²) in [5.41, 5.74) is 0.633. The van der Waals surface area contributed by atoms with Crippen molar-refractivity contribution < 1.29 is 9.47 Å². The summed E-state index contributed by atoms with van der Waals surface area (Å²) in [4.78, 5) is 0. The van der Waals surface area contributed by atoms with Crippen molar-refractivity contribution in [1.82, 2.24) is 25.3 Å². The first-order chi connectivity index (χ1) is 9.92. The van der Waals surface area contributed by atoms with Gasteiger partial charge in [0, 0.05) is 13.2 Å². The van der Waals surface area contributed by atoms with Crippen LogP contribution in [0.3, 0.4) is 0 Å². The van der Waals surface area contributed by atoms with Crippen molar-refractivity contribution in [2.75, 3.05) is 25.1 Å². The van der Waals surface area contributed by atoms with Gasteiger partial charge in [0.2, 0.25) is 0 Å². The van der Waals surface area contributed by atoms with Crippen molar-refractivity contribution in [3.05, 3.63) is 12.1 Å². The molecule has 1 aliphatic heterocycles. The topological polar surface area (TPSA) is 86.5 Å². The lowest BCUT2D eigenvalue weighted by Gasteiger charge is -2.22.